The highest BCUT2D eigenvalue weighted by Gasteiger charge is 2.21. The predicted molar refractivity (Wildman–Crippen MR) is 71.7 cm³/mol. The van der Waals surface area contributed by atoms with Crippen molar-refractivity contribution in [3.05, 3.63) is 42.5 Å². The first-order valence-electron chi connectivity index (χ1n) is 6.37. The van der Waals surface area contributed by atoms with Gasteiger partial charge in [-0.15, -0.1) is 0 Å². The third-order valence-corrected chi connectivity index (χ3v) is 3.47. The van der Waals surface area contributed by atoms with Gasteiger partial charge >= 0.3 is 0 Å². The van der Waals surface area contributed by atoms with E-state index in [2.05, 4.69) is 24.0 Å². The third kappa shape index (κ3) is 3.69. The molecule has 92 valence electrons. The molecular formula is C15H21NO. The van der Waals surface area contributed by atoms with Gasteiger partial charge in [-0.1, -0.05) is 36.9 Å². The quantitative estimate of drug-likeness (QED) is 0.816. The van der Waals surface area contributed by atoms with Crippen molar-refractivity contribution in [3.63, 3.8) is 0 Å². The zero-order chi connectivity index (χ0) is 12.1. The molecule has 1 fully saturated rings. The number of rotatable bonds is 5. The van der Waals surface area contributed by atoms with Crippen molar-refractivity contribution in [1.82, 2.24) is 5.32 Å². The topological polar surface area (TPSA) is 32.3 Å². The van der Waals surface area contributed by atoms with Crippen LogP contribution >= 0.6 is 0 Å². The second-order valence-corrected chi connectivity index (χ2v) is 4.93. The first-order chi connectivity index (χ1) is 8.25. The highest BCUT2D eigenvalue weighted by atomic mass is 16.3. The summed E-state index contributed by atoms with van der Waals surface area (Å²) in [6.45, 7) is 5.91. The summed E-state index contributed by atoms with van der Waals surface area (Å²) in [6, 6.07) is 10.3. The minimum absolute atomic E-state index is 0.0703. The Bertz CT molecular complexity index is 360. The van der Waals surface area contributed by atoms with Gasteiger partial charge in [-0.05, 0) is 42.9 Å². The SMILES string of the molecule is C=C(CNCC1CCC(O)C1)c1ccccc1. The van der Waals surface area contributed by atoms with Crippen LogP contribution < -0.4 is 5.32 Å². The molecule has 2 rings (SSSR count). The molecule has 17 heavy (non-hydrogen) atoms. The summed E-state index contributed by atoms with van der Waals surface area (Å²) in [4.78, 5) is 0. The average molecular weight is 231 g/mol. The minimum Gasteiger partial charge on any atom is -0.393 e. The summed E-state index contributed by atoms with van der Waals surface area (Å²) < 4.78 is 0. The molecule has 0 bridgehead atoms. The molecule has 1 saturated carbocycles. The highest BCUT2D eigenvalue weighted by molar-refractivity contribution is 5.64. The van der Waals surface area contributed by atoms with Crippen molar-refractivity contribution in [1.29, 1.82) is 0 Å². The Labute approximate surface area is 103 Å². The van der Waals surface area contributed by atoms with Gasteiger partial charge < -0.3 is 10.4 Å². The summed E-state index contributed by atoms with van der Waals surface area (Å²) in [5, 5.41) is 12.9. The van der Waals surface area contributed by atoms with Crippen molar-refractivity contribution in [3.8, 4) is 0 Å². The fourth-order valence-corrected chi connectivity index (χ4v) is 2.44. The van der Waals surface area contributed by atoms with E-state index in [1.807, 2.05) is 18.2 Å². The molecule has 0 heterocycles. The van der Waals surface area contributed by atoms with Crippen LogP contribution in [0.15, 0.2) is 36.9 Å². The summed E-state index contributed by atoms with van der Waals surface area (Å²) in [7, 11) is 0. The molecule has 0 saturated heterocycles. The van der Waals surface area contributed by atoms with E-state index in [-0.39, 0.29) is 6.10 Å². The molecule has 1 aliphatic rings. The van der Waals surface area contributed by atoms with Crippen LogP contribution in [-0.4, -0.2) is 24.3 Å². The molecule has 2 nitrogen and oxygen atoms in total. The lowest BCUT2D eigenvalue weighted by Crippen LogP contribution is -2.23. The summed E-state index contributed by atoms with van der Waals surface area (Å²) in [5.41, 5.74) is 2.33. The van der Waals surface area contributed by atoms with Crippen LogP contribution in [0.3, 0.4) is 0 Å². The number of hydrogen-bond acceptors (Lipinski definition) is 2. The van der Waals surface area contributed by atoms with E-state index in [0.717, 1.165) is 37.9 Å². The van der Waals surface area contributed by atoms with Gasteiger partial charge in [0.1, 0.15) is 0 Å². The zero-order valence-electron chi connectivity index (χ0n) is 10.2. The van der Waals surface area contributed by atoms with Gasteiger partial charge in [0.2, 0.25) is 0 Å². The van der Waals surface area contributed by atoms with E-state index < -0.39 is 0 Å². The molecule has 2 N–H and O–H groups in total. The van der Waals surface area contributed by atoms with E-state index in [0.29, 0.717) is 5.92 Å². The second-order valence-electron chi connectivity index (χ2n) is 4.93. The standard InChI is InChI=1S/C15H21NO/c1-12(14-5-3-2-4-6-14)10-16-11-13-7-8-15(17)9-13/h2-6,13,15-17H,1,7-11H2. The van der Waals surface area contributed by atoms with E-state index in [4.69, 9.17) is 0 Å². The number of aliphatic hydroxyl groups is 1. The maximum atomic E-state index is 9.44. The molecule has 0 amide bonds. The van der Waals surface area contributed by atoms with Crippen LogP contribution in [0.1, 0.15) is 24.8 Å². The lowest BCUT2D eigenvalue weighted by Gasteiger charge is -2.12. The fourth-order valence-electron chi connectivity index (χ4n) is 2.44. The molecule has 0 aliphatic heterocycles. The van der Waals surface area contributed by atoms with Gasteiger partial charge in [-0.2, -0.15) is 0 Å². The van der Waals surface area contributed by atoms with Crippen LogP contribution in [0.25, 0.3) is 5.57 Å². The Hall–Kier alpha value is -1.12. The van der Waals surface area contributed by atoms with Gasteiger partial charge in [0, 0.05) is 6.54 Å². The molecule has 0 spiro atoms. The third-order valence-electron chi connectivity index (χ3n) is 3.47. The maximum Gasteiger partial charge on any atom is 0.0543 e. The maximum absolute atomic E-state index is 9.44. The van der Waals surface area contributed by atoms with Crippen molar-refractivity contribution >= 4 is 5.57 Å². The Balaban J connectivity index is 1.70. The normalized spacial score (nSPS) is 23.8. The zero-order valence-corrected chi connectivity index (χ0v) is 10.2. The monoisotopic (exact) mass is 231 g/mol. The largest absolute Gasteiger partial charge is 0.393 e. The van der Waals surface area contributed by atoms with Gasteiger partial charge in [0.05, 0.1) is 6.10 Å². The molecule has 0 aromatic heterocycles. The van der Waals surface area contributed by atoms with Gasteiger partial charge in [0.25, 0.3) is 0 Å². The minimum atomic E-state index is -0.0703. The van der Waals surface area contributed by atoms with Crippen molar-refractivity contribution in [2.75, 3.05) is 13.1 Å². The molecule has 1 aromatic carbocycles. The molecule has 1 aromatic rings. The molecule has 2 atom stereocenters. The van der Waals surface area contributed by atoms with Crippen molar-refractivity contribution in [2.24, 2.45) is 5.92 Å². The number of aliphatic hydroxyl groups excluding tert-OH is 1. The van der Waals surface area contributed by atoms with Gasteiger partial charge in [-0.25, -0.2) is 0 Å². The molecule has 0 radical (unpaired) electrons. The molecular weight excluding hydrogens is 210 g/mol. The van der Waals surface area contributed by atoms with Crippen LogP contribution in [-0.2, 0) is 0 Å². The smallest absolute Gasteiger partial charge is 0.0543 e. The fraction of sp³-hybridized carbons (Fsp3) is 0.467. The van der Waals surface area contributed by atoms with E-state index in [1.54, 1.807) is 0 Å². The Morgan fingerprint density at radius 3 is 2.71 bits per heavy atom. The Morgan fingerprint density at radius 1 is 1.29 bits per heavy atom. The first-order valence-corrected chi connectivity index (χ1v) is 6.37. The van der Waals surface area contributed by atoms with E-state index in [9.17, 15) is 5.11 Å². The Morgan fingerprint density at radius 2 is 2.06 bits per heavy atom. The van der Waals surface area contributed by atoms with Crippen LogP contribution in [0.4, 0.5) is 0 Å². The van der Waals surface area contributed by atoms with Crippen LogP contribution in [0.5, 0.6) is 0 Å². The van der Waals surface area contributed by atoms with Gasteiger partial charge in [-0.3, -0.25) is 0 Å². The molecule has 1 aliphatic carbocycles. The second kappa shape index (κ2) is 5.99. The van der Waals surface area contributed by atoms with Crippen molar-refractivity contribution in [2.45, 2.75) is 25.4 Å². The molecule has 2 unspecified atom stereocenters. The van der Waals surface area contributed by atoms with Crippen LogP contribution in [0, 0.1) is 5.92 Å². The average Bonchev–Trinajstić information content (AvgIpc) is 2.76. The lowest BCUT2D eigenvalue weighted by molar-refractivity contribution is 0.177. The van der Waals surface area contributed by atoms with Crippen LogP contribution in [0.2, 0.25) is 0 Å². The summed E-state index contributed by atoms with van der Waals surface area (Å²) in [5.74, 6) is 0.633. The Kier molecular flexibility index (Phi) is 4.35. The predicted octanol–water partition coefficient (Wildman–Crippen LogP) is 2.45. The lowest BCUT2D eigenvalue weighted by atomic mass is 10.1. The number of benzene rings is 1. The first kappa shape index (κ1) is 12.3. The summed E-state index contributed by atoms with van der Waals surface area (Å²) >= 11 is 0. The number of hydrogen-bond donors (Lipinski definition) is 2. The summed E-state index contributed by atoms with van der Waals surface area (Å²) in [6.07, 6.45) is 2.99. The van der Waals surface area contributed by atoms with Gasteiger partial charge in [0.15, 0.2) is 0 Å². The van der Waals surface area contributed by atoms with Crippen molar-refractivity contribution < 1.29 is 5.11 Å². The van der Waals surface area contributed by atoms with E-state index >= 15 is 0 Å². The molecule has 2 heteroatoms. The highest BCUT2D eigenvalue weighted by Crippen LogP contribution is 2.24. The number of nitrogens with one attached hydrogen (secondary N) is 1. The van der Waals surface area contributed by atoms with E-state index in [1.165, 1.54) is 5.56 Å².